The second-order valence-corrected chi connectivity index (χ2v) is 5.52. The number of nitrogens with one attached hydrogen (secondary N) is 1. The molecule has 2 heterocycles. The zero-order chi connectivity index (χ0) is 18.6. The summed E-state index contributed by atoms with van der Waals surface area (Å²) in [5, 5.41) is 2.56. The number of carbonyl (C=O) groups excluding carboxylic acids is 3. The number of carbonyl (C=O) groups is 3. The molecule has 25 heavy (non-hydrogen) atoms. The lowest BCUT2D eigenvalue weighted by molar-refractivity contribution is -0.155. The smallest absolute Gasteiger partial charge is 0.303 e. The Balaban J connectivity index is 2.18. The topological polar surface area (TPSA) is 118 Å². The third-order valence-electron chi connectivity index (χ3n) is 3.44. The third-order valence-corrected chi connectivity index (χ3v) is 3.44. The first-order chi connectivity index (χ1) is 11.8. The summed E-state index contributed by atoms with van der Waals surface area (Å²) in [6.45, 7) is 3.90. The van der Waals surface area contributed by atoms with Crippen LogP contribution in [0.2, 0.25) is 0 Å². The Morgan fingerprint density at radius 3 is 2.60 bits per heavy atom. The van der Waals surface area contributed by atoms with Gasteiger partial charge in [-0.15, -0.1) is 0 Å². The van der Waals surface area contributed by atoms with Gasteiger partial charge < -0.3 is 24.3 Å². The van der Waals surface area contributed by atoms with Crippen molar-refractivity contribution in [1.82, 2.24) is 9.55 Å². The molecule has 138 valence electrons. The van der Waals surface area contributed by atoms with Crippen LogP contribution in [-0.4, -0.2) is 53.3 Å². The molecule has 0 bridgehead atoms. The predicted octanol–water partition coefficient (Wildman–Crippen LogP) is 0.632. The van der Waals surface area contributed by atoms with E-state index in [1.165, 1.54) is 27.9 Å². The number of hydrogen-bond acceptors (Lipinski definition) is 8. The number of esters is 2. The third kappa shape index (κ3) is 4.92. The van der Waals surface area contributed by atoms with Crippen molar-refractivity contribution in [3.05, 3.63) is 6.20 Å². The van der Waals surface area contributed by atoms with Crippen molar-refractivity contribution in [3.63, 3.8) is 0 Å². The quantitative estimate of drug-likeness (QED) is 0.738. The van der Waals surface area contributed by atoms with Gasteiger partial charge in [0.15, 0.2) is 5.82 Å². The molecule has 1 aliphatic heterocycles. The lowest BCUT2D eigenvalue weighted by Crippen LogP contribution is -2.31. The number of methoxy groups -OCH3 is 1. The molecule has 3 atom stereocenters. The molecule has 1 aromatic rings. The molecule has 10 nitrogen and oxygen atoms in total. The summed E-state index contributed by atoms with van der Waals surface area (Å²) < 4.78 is 22.8. The van der Waals surface area contributed by atoms with E-state index in [1.807, 2.05) is 0 Å². The van der Waals surface area contributed by atoms with Gasteiger partial charge in [0.05, 0.1) is 13.3 Å². The number of hydrogen-bond donors (Lipinski definition) is 1. The lowest BCUT2D eigenvalue weighted by Gasteiger charge is -2.17. The fourth-order valence-electron chi connectivity index (χ4n) is 2.53. The van der Waals surface area contributed by atoms with Crippen LogP contribution < -0.4 is 10.1 Å². The summed E-state index contributed by atoms with van der Waals surface area (Å²) in [6, 6.07) is 0.225. The van der Waals surface area contributed by atoms with Crippen molar-refractivity contribution in [2.24, 2.45) is 0 Å². The molecule has 0 aromatic carbocycles. The lowest BCUT2D eigenvalue weighted by atomic mass is 10.2. The van der Waals surface area contributed by atoms with Gasteiger partial charge in [0.25, 0.3) is 6.01 Å². The zero-order valence-corrected chi connectivity index (χ0v) is 14.5. The molecule has 0 saturated carbocycles. The Hall–Kier alpha value is -2.62. The highest BCUT2D eigenvalue weighted by Crippen LogP contribution is 2.34. The number of ether oxygens (including phenoxy) is 4. The van der Waals surface area contributed by atoms with Gasteiger partial charge in [-0.2, -0.15) is 4.98 Å². The van der Waals surface area contributed by atoms with Gasteiger partial charge in [0.2, 0.25) is 5.91 Å². The molecule has 1 aromatic heterocycles. The molecule has 1 amide bonds. The predicted molar refractivity (Wildman–Crippen MR) is 83.8 cm³/mol. The van der Waals surface area contributed by atoms with Crippen LogP contribution in [-0.2, 0) is 28.6 Å². The van der Waals surface area contributed by atoms with E-state index in [0.29, 0.717) is 12.2 Å². The summed E-state index contributed by atoms with van der Waals surface area (Å²) in [6.07, 6.45) is 0.115. The summed E-state index contributed by atoms with van der Waals surface area (Å²) in [4.78, 5) is 37.6. The second-order valence-electron chi connectivity index (χ2n) is 5.52. The van der Waals surface area contributed by atoms with Gasteiger partial charge in [0, 0.05) is 27.2 Å². The van der Waals surface area contributed by atoms with Crippen LogP contribution in [0.1, 0.15) is 33.4 Å². The molecule has 2 rings (SSSR count). The van der Waals surface area contributed by atoms with E-state index in [4.69, 9.17) is 18.9 Å². The minimum atomic E-state index is -0.617. The average Bonchev–Trinajstić information content (AvgIpc) is 3.07. The van der Waals surface area contributed by atoms with E-state index >= 15 is 0 Å². The average molecular weight is 355 g/mol. The number of anilines is 1. The normalized spacial score (nSPS) is 22.3. The molecular weight excluding hydrogens is 334 g/mol. The Kier molecular flexibility index (Phi) is 5.97. The highest BCUT2D eigenvalue weighted by Gasteiger charge is 2.40. The van der Waals surface area contributed by atoms with Crippen molar-refractivity contribution in [2.75, 3.05) is 19.0 Å². The van der Waals surface area contributed by atoms with Gasteiger partial charge in [-0.1, -0.05) is 0 Å². The van der Waals surface area contributed by atoms with Crippen LogP contribution in [0.15, 0.2) is 6.20 Å². The van der Waals surface area contributed by atoms with Gasteiger partial charge in [0.1, 0.15) is 25.0 Å². The van der Waals surface area contributed by atoms with Gasteiger partial charge in [-0.05, 0) is 0 Å². The standard InChI is InChI=1S/C15H21N3O7/c1-8(19)16-13-6-18(15(17-13)22-4)14-5-11(24-10(3)21)12(25-14)7-23-9(2)20/h6,11-12,14H,5,7H2,1-4H3,(H,16,19)/t11-,12+,14+/m0/s1. The van der Waals surface area contributed by atoms with E-state index < -0.39 is 30.4 Å². The van der Waals surface area contributed by atoms with Crippen LogP contribution in [0.3, 0.4) is 0 Å². The number of rotatable bonds is 6. The van der Waals surface area contributed by atoms with Crippen LogP contribution in [0.5, 0.6) is 6.01 Å². The zero-order valence-electron chi connectivity index (χ0n) is 14.5. The molecule has 1 N–H and O–H groups in total. The first-order valence-electron chi connectivity index (χ1n) is 7.66. The largest absolute Gasteiger partial charge is 0.468 e. The summed E-state index contributed by atoms with van der Waals surface area (Å²) >= 11 is 0. The SMILES string of the molecule is COc1nc(NC(C)=O)cn1[C@H]1C[C@H](OC(C)=O)[C@@H](COC(C)=O)O1. The molecule has 0 spiro atoms. The molecule has 0 unspecified atom stereocenters. The molecular formula is C15H21N3O7. The molecule has 1 aliphatic rings. The number of aromatic nitrogens is 2. The Morgan fingerprint density at radius 1 is 1.32 bits per heavy atom. The molecule has 0 radical (unpaired) electrons. The monoisotopic (exact) mass is 355 g/mol. The van der Waals surface area contributed by atoms with E-state index in [2.05, 4.69) is 10.3 Å². The molecule has 1 fully saturated rings. The molecule has 1 saturated heterocycles. The van der Waals surface area contributed by atoms with Crippen molar-refractivity contribution in [2.45, 2.75) is 45.6 Å². The molecule has 10 heteroatoms. The van der Waals surface area contributed by atoms with Crippen LogP contribution in [0.25, 0.3) is 0 Å². The van der Waals surface area contributed by atoms with Crippen LogP contribution in [0.4, 0.5) is 5.82 Å². The Labute approximate surface area is 144 Å². The van der Waals surface area contributed by atoms with Crippen molar-refractivity contribution in [3.8, 4) is 6.01 Å². The first kappa shape index (κ1) is 18.7. The summed E-state index contributed by atoms with van der Waals surface area (Å²) in [5.41, 5.74) is 0. The van der Waals surface area contributed by atoms with Crippen LogP contribution >= 0.6 is 0 Å². The van der Waals surface area contributed by atoms with E-state index in [9.17, 15) is 14.4 Å². The van der Waals surface area contributed by atoms with E-state index in [-0.39, 0.29) is 18.5 Å². The fourth-order valence-corrected chi connectivity index (χ4v) is 2.53. The van der Waals surface area contributed by atoms with Crippen molar-refractivity contribution in [1.29, 1.82) is 0 Å². The maximum atomic E-state index is 11.3. The Bertz CT molecular complexity index is 658. The highest BCUT2D eigenvalue weighted by atomic mass is 16.6. The van der Waals surface area contributed by atoms with Crippen molar-refractivity contribution >= 4 is 23.7 Å². The van der Waals surface area contributed by atoms with Crippen LogP contribution in [0, 0.1) is 0 Å². The first-order valence-corrected chi connectivity index (χ1v) is 7.66. The fraction of sp³-hybridized carbons (Fsp3) is 0.600. The minimum Gasteiger partial charge on any atom is -0.468 e. The van der Waals surface area contributed by atoms with Gasteiger partial charge >= 0.3 is 11.9 Å². The number of nitrogens with zero attached hydrogens (tertiary/aromatic N) is 2. The Morgan fingerprint density at radius 2 is 2.04 bits per heavy atom. The second kappa shape index (κ2) is 7.97. The van der Waals surface area contributed by atoms with E-state index in [0.717, 1.165) is 0 Å². The highest BCUT2D eigenvalue weighted by molar-refractivity contribution is 5.87. The number of imidazole rings is 1. The maximum absolute atomic E-state index is 11.3. The minimum absolute atomic E-state index is 0.0423. The van der Waals surface area contributed by atoms with Gasteiger partial charge in [-0.25, -0.2) is 0 Å². The van der Waals surface area contributed by atoms with Gasteiger partial charge in [-0.3, -0.25) is 19.0 Å². The summed E-state index contributed by atoms with van der Waals surface area (Å²) in [7, 11) is 1.44. The maximum Gasteiger partial charge on any atom is 0.303 e. The number of amides is 1. The molecule has 0 aliphatic carbocycles. The van der Waals surface area contributed by atoms with E-state index in [1.54, 1.807) is 10.8 Å². The summed E-state index contributed by atoms with van der Waals surface area (Å²) in [5.74, 6) is -0.883. The van der Waals surface area contributed by atoms with Crippen molar-refractivity contribution < 1.29 is 33.3 Å².